The second kappa shape index (κ2) is 9.06. The molecule has 2 aliphatic heterocycles. The number of para-hydroxylation sites is 1. The zero-order chi connectivity index (χ0) is 22.1. The number of carbonyl (C=O) groups excluding carboxylic acids is 1. The van der Waals surface area contributed by atoms with Crippen molar-refractivity contribution in [2.24, 2.45) is 4.99 Å². The van der Waals surface area contributed by atoms with Crippen molar-refractivity contribution >= 4 is 57.6 Å². The van der Waals surface area contributed by atoms with Gasteiger partial charge in [-0.1, -0.05) is 65.8 Å². The van der Waals surface area contributed by atoms with Gasteiger partial charge in [-0.2, -0.15) is 0 Å². The maximum Gasteiger partial charge on any atom is 0.269 e. The minimum atomic E-state index is -0.0136. The van der Waals surface area contributed by atoms with Crippen LogP contribution in [-0.4, -0.2) is 22.5 Å². The topological polar surface area (TPSA) is 35.9 Å². The molecule has 1 saturated heterocycles. The van der Waals surface area contributed by atoms with Gasteiger partial charge in [0.05, 0.1) is 17.9 Å². The van der Waals surface area contributed by atoms with Gasteiger partial charge in [-0.15, -0.1) is 0 Å². The first-order valence-electron chi connectivity index (χ1n) is 10.3. The summed E-state index contributed by atoms with van der Waals surface area (Å²) in [4.78, 5) is 24.4. The molecular weight excluding hydrogens is 458 g/mol. The molecule has 0 aliphatic carbocycles. The molecule has 5 rings (SSSR count). The normalized spacial score (nSPS) is 19.2. The highest BCUT2D eigenvalue weighted by atomic mass is 35.5. The van der Waals surface area contributed by atoms with Crippen LogP contribution in [0.15, 0.2) is 98.7 Å². The highest BCUT2D eigenvalue weighted by molar-refractivity contribution is 8.19. The van der Waals surface area contributed by atoms with E-state index >= 15 is 0 Å². The van der Waals surface area contributed by atoms with Gasteiger partial charge in [0.2, 0.25) is 0 Å². The molecular formula is C25H20ClN3OS2. The average Bonchev–Trinajstić information content (AvgIpc) is 3.33. The van der Waals surface area contributed by atoms with Gasteiger partial charge in [0.1, 0.15) is 9.93 Å². The number of benzene rings is 3. The van der Waals surface area contributed by atoms with Gasteiger partial charge < -0.3 is 4.90 Å². The Bertz CT molecular complexity index is 1230. The van der Waals surface area contributed by atoms with E-state index in [0.717, 1.165) is 33.4 Å². The van der Waals surface area contributed by atoms with Crippen LogP contribution in [0.25, 0.3) is 0 Å². The van der Waals surface area contributed by atoms with E-state index in [2.05, 4.69) is 24.0 Å². The molecule has 7 heteroatoms. The molecule has 0 saturated carbocycles. The zero-order valence-corrected chi connectivity index (χ0v) is 19.8. The van der Waals surface area contributed by atoms with E-state index in [0.29, 0.717) is 16.7 Å². The Morgan fingerprint density at radius 2 is 1.59 bits per heavy atom. The van der Waals surface area contributed by atoms with Crippen molar-refractivity contribution in [3.63, 3.8) is 0 Å². The minimum absolute atomic E-state index is 0.0136. The van der Waals surface area contributed by atoms with Gasteiger partial charge in [-0.3, -0.25) is 9.69 Å². The molecule has 0 atom stereocenters. The van der Waals surface area contributed by atoms with E-state index in [9.17, 15) is 4.79 Å². The maximum absolute atomic E-state index is 13.7. The van der Waals surface area contributed by atoms with Crippen molar-refractivity contribution in [2.75, 3.05) is 11.4 Å². The first-order valence-corrected chi connectivity index (χ1v) is 12.3. The monoisotopic (exact) mass is 477 g/mol. The van der Waals surface area contributed by atoms with Crippen LogP contribution in [0, 0.1) is 0 Å². The molecule has 2 heterocycles. The second-order valence-corrected chi connectivity index (χ2v) is 9.74. The number of amides is 1. The number of carbonyl (C=O) groups is 1. The molecule has 3 aromatic rings. The SMILES string of the molecule is CCN1/C(=C2/SC(=Nc3ccc(Cl)cc3)N(Cc3ccccc3)C2=O)Sc2ccccc21. The van der Waals surface area contributed by atoms with E-state index in [-0.39, 0.29) is 5.91 Å². The van der Waals surface area contributed by atoms with Crippen LogP contribution in [0.1, 0.15) is 12.5 Å². The lowest BCUT2D eigenvalue weighted by Crippen LogP contribution is -2.29. The van der Waals surface area contributed by atoms with Crippen molar-refractivity contribution in [1.29, 1.82) is 0 Å². The van der Waals surface area contributed by atoms with Gasteiger partial charge >= 0.3 is 0 Å². The average molecular weight is 478 g/mol. The number of hydrogen-bond acceptors (Lipinski definition) is 5. The molecule has 4 nitrogen and oxygen atoms in total. The van der Waals surface area contributed by atoms with Crippen LogP contribution in [0.5, 0.6) is 0 Å². The summed E-state index contributed by atoms with van der Waals surface area (Å²) in [7, 11) is 0. The standard InChI is InChI=1S/C25H20ClN3OS2/c1-2-28-20-10-6-7-11-21(20)31-24(28)22-23(30)29(16-17-8-4-3-5-9-17)25(32-22)27-19-14-12-18(26)13-15-19/h3-15H,2,16H2,1H3/b24-22-,27-25?. The molecule has 160 valence electrons. The van der Waals surface area contributed by atoms with Crippen LogP contribution in [0.4, 0.5) is 11.4 Å². The zero-order valence-electron chi connectivity index (χ0n) is 17.4. The molecule has 32 heavy (non-hydrogen) atoms. The maximum atomic E-state index is 13.7. The molecule has 1 fully saturated rings. The van der Waals surface area contributed by atoms with Gasteiger partial charge in [0.25, 0.3) is 5.91 Å². The fourth-order valence-corrected chi connectivity index (χ4v) is 6.18. The predicted molar refractivity (Wildman–Crippen MR) is 135 cm³/mol. The van der Waals surface area contributed by atoms with Gasteiger partial charge in [-0.05, 0) is 60.6 Å². The Morgan fingerprint density at radius 1 is 0.875 bits per heavy atom. The summed E-state index contributed by atoms with van der Waals surface area (Å²) in [5.41, 5.74) is 2.98. The Balaban J connectivity index is 1.56. The molecule has 2 aliphatic rings. The predicted octanol–water partition coefficient (Wildman–Crippen LogP) is 6.90. The first-order chi connectivity index (χ1) is 15.6. The fraction of sp³-hybridized carbons (Fsp3) is 0.120. The Hall–Kier alpha value is -2.67. The van der Waals surface area contributed by atoms with Gasteiger partial charge in [0, 0.05) is 16.5 Å². The summed E-state index contributed by atoms with van der Waals surface area (Å²) in [6.07, 6.45) is 0. The number of halogens is 1. The third-order valence-corrected chi connectivity index (χ3v) is 7.85. The number of rotatable bonds is 4. The molecule has 0 spiro atoms. The summed E-state index contributed by atoms with van der Waals surface area (Å²) >= 11 is 9.13. The number of nitrogens with zero attached hydrogens (tertiary/aromatic N) is 3. The largest absolute Gasteiger partial charge is 0.334 e. The number of fused-ring (bicyclic) bond motifs is 1. The number of amidine groups is 1. The summed E-state index contributed by atoms with van der Waals surface area (Å²) in [6.45, 7) is 3.37. The summed E-state index contributed by atoms with van der Waals surface area (Å²) < 4.78 is 0. The van der Waals surface area contributed by atoms with Gasteiger partial charge in [0.15, 0.2) is 5.17 Å². The van der Waals surface area contributed by atoms with Crippen molar-refractivity contribution in [2.45, 2.75) is 18.4 Å². The van der Waals surface area contributed by atoms with Crippen molar-refractivity contribution in [1.82, 2.24) is 4.90 Å². The van der Waals surface area contributed by atoms with E-state index < -0.39 is 0 Å². The van der Waals surface area contributed by atoms with Crippen molar-refractivity contribution in [3.8, 4) is 0 Å². The van der Waals surface area contributed by atoms with E-state index in [1.807, 2.05) is 66.7 Å². The molecule has 0 bridgehead atoms. The van der Waals surface area contributed by atoms with Crippen LogP contribution in [0.2, 0.25) is 5.02 Å². The van der Waals surface area contributed by atoms with Crippen molar-refractivity contribution in [3.05, 3.63) is 99.4 Å². The van der Waals surface area contributed by atoms with E-state index in [1.165, 1.54) is 16.7 Å². The third kappa shape index (κ3) is 4.06. The van der Waals surface area contributed by atoms with Crippen molar-refractivity contribution < 1.29 is 4.79 Å². The highest BCUT2D eigenvalue weighted by Gasteiger charge is 2.39. The molecule has 3 aromatic carbocycles. The number of thioether (sulfide) groups is 2. The number of anilines is 1. The van der Waals surface area contributed by atoms with Gasteiger partial charge in [-0.25, -0.2) is 4.99 Å². The molecule has 0 radical (unpaired) electrons. The van der Waals surface area contributed by atoms with E-state index in [4.69, 9.17) is 16.6 Å². The summed E-state index contributed by atoms with van der Waals surface area (Å²) in [6, 6.07) is 25.6. The lowest BCUT2D eigenvalue weighted by atomic mass is 10.2. The fourth-order valence-electron chi connectivity index (χ4n) is 3.67. The molecule has 0 unspecified atom stereocenters. The number of aliphatic imine (C=N–C) groups is 1. The van der Waals surface area contributed by atoms with E-state index in [1.54, 1.807) is 16.7 Å². The van der Waals surface area contributed by atoms with Crippen LogP contribution < -0.4 is 4.90 Å². The Kier molecular flexibility index (Phi) is 6.00. The molecule has 0 aromatic heterocycles. The highest BCUT2D eigenvalue weighted by Crippen LogP contribution is 2.50. The molecule has 0 N–H and O–H groups in total. The first kappa shape index (κ1) is 21.2. The van der Waals surface area contributed by atoms with Crippen LogP contribution in [-0.2, 0) is 11.3 Å². The second-order valence-electron chi connectivity index (χ2n) is 7.30. The quantitative estimate of drug-likeness (QED) is 0.383. The summed E-state index contributed by atoms with van der Waals surface area (Å²) in [5.74, 6) is -0.0136. The lowest BCUT2D eigenvalue weighted by Gasteiger charge is -2.19. The molecule has 1 amide bonds. The Morgan fingerprint density at radius 3 is 2.34 bits per heavy atom. The Labute approximate surface area is 201 Å². The smallest absolute Gasteiger partial charge is 0.269 e. The minimum Gasteiger partial charge on any atom is -0.334 e. The summed E-state index contributed by atoms with van der Waals surface area (Å²) in [5, 5.41) is 2.31. The lowest BCUT2D eigenvalue weighted by molar-refractivity contribution is -0.122. The van der Waals surface area contributed by atoms with Crippen LogP contribution >= 0.6 is 35.1 Å². The van der Waals surface area contributed by atoms with Crippen LogP contribution in [0.3, 0.4) is 0 Å². The third-order valence-electron chi connectivity index (χ3n) is 5.22. The number of hydrogen-bond donors (Lipinski definition) is 0.